The maximum atomic E-state index is 10.2. The molecule has 1 atom stereocenters. The first kappa shape index (κ1) is 14.4. The fraction of sp³-hybridized carbons (Fsp3) is 0.214. The van der Waals surface area contributed by atoms with Crippen LogP contribution in [0.4, 0.5) is 5.82 Å². The summed E-state index contributed by atoms with van der Waals surface area (Å²) < 4.78 is 1.03. The molecule has 0 aliphatic rings. The third kappa shape index (κ3) is 3.96. The standard InChI is InChI=1S/C14H15BrN2OS/c1-9-5-12(14(16)17-7-9)13(18)8-19-11-4-2-3-10(15)6-11/h2-7,13,18H,8H2,1H3,(H2,16,17). The number of hydrogen-bond acceptors (Lipinski definition) is 4. The Morgan fingerprint density at radius 2 is 2.21 bits per heavy atom. The van der Waals surface area contributed by atoms with Crippen molar-refractivity contribution < 1.29 is 5.11 Å². The van der Waals surface area contributed by atoms with Crippen LogP contribution in [0.15, 0.2) is 45.9 Å². The Balaban J connectivity index is 2.05. The van der Waals surface area contributed by atoms with Crippen molar-refractivity contribution in [2.45, 2.75) is 17.9 Å². The average molecular weight is 339 g/mol. The second-order valence-corrected chi connectivity index (χ2v) is 6.28. The van der Waals surface area contributed by atoms with Crippen molar-refractivity contribution in [1.29, 1.82) is 0 Å². The van der Waals surface area contributed by atoms with Crippen LogP contribution in [0.5, 0.6) is 0 Å². The van der Waals surface area contributed by atoms with Crippen LogP contribution in [0.25, 0.3) is 0 Å². The molecule has 0 fully saturated rings. The summed E-state index contributed by atoms with van der Waals surface area (Å²) in [7, 11) is 0. The highest BCUT2D eigenvalue weighted by molar-refractivity contribution is 9.10. The molecule has 19 heavy (non-hydrogen) atoms. The van der Waals surface area contributed by atoms with E-state index in [2.05, 4.69) is 20.9 Å². The van der Waals surface area contributed by atoms with E-state index in [-0.39, 0.29) is 0 Å². The number of aliphatic hydroxyl groups is 1. The van der Waals surface area contributed by atoms with Crippen LogP contribution >= 0.6 is 27.7 Å². The van der Waals surface area contributed by atoms with Crippen molar-refractivity contribution in [1.82, 2.24) is 4.98 Å². The molecule has 3 nitrogen and oxygen atoms in total. The van der Waals surface area contributed by atoms with Gasteiger partial charge in [-0.05, 0) is 36.8 Å². The van der Waals surface area contributed by atoms with Crippen LogP contribution in [-0.4, -0.2) is 15.8 Å². The van der Waals surface area contributed by atoms with Gasteiger partial charge in [0.25, 0.3) is 0 Å². The van der Waals surface area contributed by atoms with E-state index in [1.165, 1.54) is 0 Å². The van der Waals surface area contributed by atoms with Crippen molar-refractivity contribution in [3.8, 4) is 0 Å². The Labute approximate surface area is 125 Å². The SMILES string of the molecule is Cc1cnc(N)c(C(O)CSc2cccc(Br)c2)c1. The average Bonchev–Trinajstić information content (AvgIpc) is 2.39. The fourth-order valence-corrected chi connectivity index (χ4v) is 3.16. The topological polar surface area (TPSA) is 59.1 Å². The highest BCUT2D eigenvalue weighted by Gasteiger charge is 2.12. The zero-order valence-corrected chi connectivity index (χ0v) is 12.9. The summed E-state index contributed by atoms with van der Waals surface area (Å²) in [6.07, 6.45) is 1.09. The smallest absolute Gasteiger partial charge is 0.129 e. The number of nitrogen functional groups attached to an aromatic ring is 1. The molecule has 0 saturated carbocycles. The van der Waals surface area contributed by atoms with E-state index in [0.717, 1.165) is 14.9 Å². The van der Waals surface area contributed by atoms with Crippen molar-refractivity contribution in [2.75, 3.05) is 11.5 Å². The lowest BCUT2D eigenvalue weighted by molar-refractivity contribution is 0.204. The monoisotopic (exact) mass is 338 g/mol. The second kappa shape index (κ2) is 6.41. The fourth-order valence-electron chi connectivity index (χ4n) is 1.69. The molecule has 3 N–H and O–H groups in total. The van der Waals surface area contributed by atoms with Crippen LogP contribution < -0.4 is 5.73 Å². The van der Waals surface area contributed by atoms with E-state index in [1.54, 1.807) is 18.0 Å². The first-order valence-electron chi connectivity index (χ1n) is 5.84. The summed E-state index contributed by atoms with van der Waals surface area (Å²) in [6.45, 7) is 1.93. The van der Waals surface area contributed by atoms with Gasteiger partial charge >= 0.3 is 0 Å². The third-order valence-electron chi connectivity index (χ3n) is 2.65. The number of nitrogens with zero attached hydrogens (tertiary/aromatic N) is 1. The summed E-state index contributed by atoms with van der Waals surface area (Å²) in [5.74, 6) is 0.944. The van der Waals surface area contributed by atoms with E-state index < -0.39 is 6.10 Å². The minimum absolute atomic E-state index is 0.396. The Hall–Kier alpha value is -1.04. The van der Waals surface area contributed by atoms with Crippen molar-refractivity contribution in [3.63, 3.8) is 0 Å². The molecule has 2 rings (SSSR count). The second-order valence-electron chi connectivity index (χ2n) is 4.27. The number of aliphatic hydroxyl groups excluding tert-OH is 1. The molecule has 0 aliphatic carbocycles. The van der Waals surface area contributed by atoms with E-state index in [9.17, 15) is 5.11 Å². The molecule has 1 aromatic heterocycles. The first-order chi connectivity index (χ1) is 9.06. The van der Waals surface area contributed by atoms with Gasteiger partial charge in [0.15, 0.2) is 0 Å². The van der Waals surface area contributed by atoms with Crippen LogP contribution in [0.2, 0.25) is 0 Å². The molecule has 0 radical (unpaired) electrons. The molecule has 1 aromatic carbocycles. The number of anilines is 1. The Morgan fingerprint density at radius 3 is 2.95 bits per heavy atom. The quantitative estimate of drug-likeness (QED) is 0.837. The molecule has 100 valence electrons. The maximum absolute atomic E-state index is 10.2. The van der Waals surface area contributed by atoms with Crippen LogP contribution in [0.1, 0.15) is 17.2 Å². The number of aromatic nitrogens is 1. The van der Waals surface area contributed by atoms with Gasteiger partial charge in [0.2, 0.25) is 0 Å². The van der Waals surface area contributed by atoms with Crippen LogP contribution in [0, 0.1) is 6.92 Å². The van der Waals surface area contributed by atoms with E-state index in [0.29, 0.717) is 17.1 Å². The molecule has 1 unspecified atom stereocenters. The van der Waals surface area contributed by atoms with Crippen LogP contribution in [0.3, 0.4) is 0 Å². The lowest BCUT2D eigenvalue weighted by atomic mass is 10.1. The zero-order valence-electron chi connectivity index (χ0n) is 10.5. The summed E-state index contributed by atoms with van der Waals surface area (Å²) in [4.78, 5) is 5.17. The van der Waals surface area contributed by atoms with Crippen molar-refractivity contribution in [3.05, 3.63) is 52.1 Å². The Kier molecular flexibility index (Phi) is 4.85. The van der Waals surface area contributed by atoms with Gasteiger partial charge < -0.3 is 10.8 Å². The number of benzene rings is 1. The highest BCUT2D eigenvalue weighted by Crippen LogP contribution is 2.28. The van der Waals surface area contributed by atoms with E-state index in [4.69, 9.17) is 5.73 Å². The number of rotatable bonds is 4. The predicted octanol–water partition coefficient (Wildman–Crippen LogP) is 3.56. The van der Waals surface area contributed by atoms with E-state index >= 15 is 0 Å². The molecule has 5 heteroatoms. The van der Waals surface area contributed by atoms with Gasteiger partial charge in [-0.1, -0.05) is 22.0 Å². The number of nitrogens with two attached hydrogens (primary N) is 1. The minimum Gasteiger partial charge on any atom is -0.387 e. The zero-order chi connectivity index (χ0) is 13.8. The van der Waals surface area contributed by atoms with Gasteiger partial charge in [-0.2, -0.15) is 0 Å². The van der Waals surface area contributed by atoms with E-state index in [1.807, 2.05) is 37.3 Å². The molecule has 0 spiro atoms. The molecule has 0 bridgehead atoms. The summed E-state index contributed by atoms with van der Waals surface area (Å²) in [5, 5.41) is 10.2. The van der Waals surface area contributed by atoms with Gasteiger partial charge in [-0.25, -0.2) is 4.98 Å². The molecular weight excluding hydrogens is 324 g/mol. The number of aryl methyl sites for hydroxylation is 1. The molecule has 2 aromatic rings. The molecule has 1 heterocycles. The lowest BCUT2D eigenvalue weighted by Gasteiger charge is -2.13. The predicted molar refractivity (Wildman–Crippen MR) is 83.2 cm³/mol. The van der Waals surface area contributed by atoms with Gasteiger partial charge in [-0.3, -0.25) is 0 Å². The van der Waals surface area contributed by atoms with Gasteiger partial charge in [0.05, 0.1) is 6.10 Å². The van der Waals surface area contributed by atoms with Gasteiger partial charge in [0, 0.05) is 26.9 Å². The summed E-state index contributed by atoms with van der Waals surface area (Å²) in [5.41, 5.74) is 7.49. The van der Waals surface area contributed by atoms with Crippen molar-refractivity contribution in [2.24, 2.45) is 0 Å². The largest absolute Gasteiger partial charge is 0.387 e. The Bertz CT molecular complexity index is 577. The van der Waals surface area contributed by atoms with Crippen LogP contribution in [-0.2, 0) is 0 Å². The van der Waals surface area contributed by atoms with Gasteiger partial charge in [0.1, 0.15) is 5.82 Å². The molecule has 0 saturated heterocycles. The highest BCUT2D eigenvalue weighted by atomic mass is 79.9. The number of thioether (sulfide) groups is 1. The summed E-state index contributed by atoms with van der Waals surface area (Å²) in [6, 6.07) is 9.87. The maximum Gasteiger partial charge on any atom is 0.129 e. The number of hydrogen-bond donors (Lipinski definition) is 2. The van der Waals surface area contributed by atoms with Gasteiger partial charge in [-0.15, -0.1) is 11.8 Å². The third-order valence-corrected chi connectivity index (χ3v) is 4.21. The number of halogens is 1. The minimum atomic E-state index is -0.614. The molecule has 0 amide bonds. The van der Waals surface area contributed by atoms with Crippen molar-refractivity contribution >= 4 is 33.5 Å². The Morgan fingerprint density at radius 1 is 1.42 bits per heavy atom. The molecule has 0 aliphatic heterocycles. The number of pyridine rings is 1. The normalized spacial score (nSPS) is 12.4. The first-order valence-corrected chi connectivity index (χ1v) is 7.62. The molecular formula is C14H15BrN2OS. The summed E-state index contributed by atoms with van der Waals surface area (Å²) >= 11 is 5.02. The lowest BCUT2D eigenvalue weighted by Crippen LogP contribution is -2.06.